The number of urea groups is 1. The molecule has 1 aromatic carbocycles. The first kappa shape index (κ1) is 21.4. The van der Waals surface area contributed by atoms with Gasteiger partial charge in [-0.3, -0.25) is 19.5 Å². The first-order valence-electron chi connectivity index (χ1n) is 10.5. The van der Waals surface area contributed by atoms with E-state index in [1.165, 1.54) is 17.6 Å². The number of fused-ring (bicyclic) bond motifs is 1. The number of rotatable bonds is 6. The summed E-state index contributed by atoms with van der Waals surface area (Å²) in [7, 11) is 2.98. The highest BCUT2D eigenvalue weighted by Crippen LogP contribution is 2.20. The smallest absolute Gasteiger partial charge is 0.333 e. The molecule has 10 nitrogen and oxygen atoms in total. The molecule has 3 amide bonds. The lowest BCUT2D eigenvalue weighted by Gasteiger charge is -2.37. The molecule has 166 valence electrons. The Morgan fingerprint density at radius 2 is 1.77 bits per heavy atom. The van der Waals surface area contributed by atoms with Crippen molar-refractivity contribution in [2.75, 3.05) is 64.9 Å². The molecule has 2 fully saturated rings. The summed E-state index contributed by atoms with van der Waals surface area (Å²) in [5.41, 5.74) is 1.20. The molecule has 0 bridgehead atoms. The van der Waals surface area contributed by atoms with Gasteiger partial charge in [-0.1, -0.05) is 18.2 Å². The van der Waals surface area contributed by atoms with Crippen molar-refractivity contribution in [1.29, 1.82) is 0 Å². The van der Waals surface area contributed by atoms with Crippen molar-refractivity contribution in [3.8, 4) is 0 Å². The molecule has 0 aromatic heterocycles. The number of anilines is 1. The van der Waals surface area contributed by atoms with Crippen LogP contribution in [0, 0.1) is 0 Å². The lowest BCUT2D eigenvalue weighted by Crippen LogP contribution is -2.62. The van der Waals surface area contributed by atoms with E-state index in [-0.39, 0.29) is 19.0 Å². The van der Waals surface area contributed by atoms with E-state index in [4.69, 9.17) is 0 Å². The van der Waals surface area contributed by atoms with Gasteiger partial charge in [-0.2, -0.15) is 0 Å². The Labute approximate surface area is 181 Å². The lowest BCUT2D eigenvalue weighted by atomic mass is 10.1. The molecule has 10 heteroatoms. The third-order valence-electron chi connectivity index (χ3n) is 6.12. The van der Waals surface area contributed by atoms with Crippen molar-refractivity contribution in [3.63, 3.8) is 0 Å². The Kier molecular flexibility index (Phi) is 6.03. The minimum absolute atomic E-state index is 0.147. The first-order valence-corrected chi connectivity index (χ1v) is 10.5. The van der Waals surface area contributed by atoms with E-state index in [0.717, 1.165) is 31.1 Å². The van der Waals surface area contributed by atoms with Crippen LogP contribution in [-0.2, 0) is 4.79 Å². The van der Waals surface area contributed by atoms with Gasteiger partial charge in [0.2, 0.25) is 0 Å². The number of aliphatic imine (C=N–C) groups is 1. The number of carbonyl (C=O) groups is 2. The fourth-order valence-corrected chi connectivity index (χ4v) is 4.40. The number of aliphatic hydroxyl groups excluding tert-OH is 2. The molecule has 2 N–H and O–H groups in total. The number of hydrogen-bond donors (Lipinski definition) is 2. The van der Waals surface area contributed by atoms with Crippen molar-refractivity contribution in [2.45, 2.75) is 12.1 Å². The second-order valence-corrected chi connectivity index (χ2v) is 8.12. The third kappa shape index (κ3) is 4.06. The molecule has 2 atom stereocenters. The lowest BCUT2D eigenvalue weighted by molar-refractivity contribution is -0.545. The van der Waals surface area contributed by atoms with Crippen molar-refractivity contribution >= 4 is 29.3 Å². The molecule has 0 aliphatic carbocycles. The van der Waals surface area contributed by atoms with E-state index in [9.17, 15) is 19.8 Å². The van der Waals surface area contributed by atoms with Gasteiger partial charge in [0.1, 0.15) is 19.3 Å². The average molecular weight is 430 g/mol. The molecule has 2 unspecified atom stereocenters. The molecule has 0 spiro atoms. The van der Waals surface area contributed by atoms with E-state index in [1.54, 1.807) is 11.6 Å². The zero-order chi connectivity index (χ0) is 22.1. The maximum Gasteiger partial charge on any atom is 0.333 e. The van der Waals surface area contributed by atoms with Crippen LogP contribution in [0.1, 0.15) is 0 Å². The molecule has 3 aliphatic rings. The van der Waals surface area contributed by atoms with Gasteiger partial charge in [0.25, 0.3) is 17.8 Å². The Bertz CT molecular complexity index is 910. The molecule has 31 heavy (non-hydrogen) atoms. The number of β-amino-alcohol motifs (C(OH)–C–C–N with tert-alkyl or cyclic N) is 1. The molecule has 2 saturated heterocycles. The van der Waals surface area contributed by atoms with Crippen LogP contribution in [0.15, 0.2) is 35.3 Å². The molecule has 1 aromatic rings. The molecule has 0 saturated carbocycles. The number of nitrogens with zero attached hydrogens (tertiary/aromatic N) is 6. The van der Waals surface area contributed by atoms with Crippen LogP contribution in [0.4, 0.5) is 10.5 Å². The van der Waals surface area contributed by atoms with Gasteiger partial charge in [-0.05, 0) is 17.1 Å². The number of imide groups is 1. The van der Waals surface area contributed by atoms with Crippen molar-refractivity contribution < 1.29 is 24.4 Å². The highest BCUT2D eigenvalue weighted by atomic mass is 16.3. The van der Waals surface area contributed by atoms with E-state index in [2.05, 4.69) is 26.9 Å². The monoisotopic (exact) mass is 429 g/mol. The number of aliphatic hydroxyl groups is 2. The summed E-state index contributed by atoms with van der Waals surface area (Å²) in [6.07, 6.45) is -0.736. The normalized spacial score (nSPS) is 23.4. The van der Waals surface area contributed by atoms with Gasteiger partial charge in [-0.25, -0.2) is 9.37 Å². The van der Waals surface area contributed by atoms with Gasteiger partial charge in [0.15, 0.2) is 0 Å². The van der Waals surface area contributed by atoms with Crippen molar-refractivity contribution in [3.05, 3.63) is 30.3 Å². The van der Waals surface area contributed by atoms with Crippen LogP contribution >= 0.6 is 0 Å². The number of amidine groups is 2. The standard InChI is InChI=1S/C21H29N6O4/c1-23-19-18(20(30)24(2)21(23)31)27(17(14-28)22-19)13-16(29)12-25-8-10-26(11-9-25)15-6-4-3-5-7-15/h3-7,16,18,28-29H,8-14H2,1-2H3/q+1. The zero-order valence-electron chi connectivity index (χ0n) is 17.9. The SMILES string of the molecule is CN1C(=O)C2C(=NC(CO)=[N+]2CC(O)CN2CCN(c3ccccc3)CC2)N(C)C1=O. The minimum atomic E-state index is -0.806. The molecular formula is C21H29N6O4+. The highest BCUT2D eigenvalue weighted by molar-refractivity contribution is 6.22. The fraction of sp³-hybridized carbons (Fsp3) is 0.524. The van der Waals surface area contributed by atoms with Gasteiger partial charge in [-0.15, -0.1) is 0 Å². The highest BCUT2D eigenvalue weighted by Gasteiger charge is 2.53. The molecule has 4 rings (SSSR count). The topological polar surface area (TPSA) is 103 Å². The predicted molar refractivity (Wildman–Crippen MR) is 115 cm³/mol. The maximum atomic E-state index is 12.7. The van der Waals surface area contributed by atoms with Crippen LogP contribution in [0.3, 0.4) is 0 Å². The van der Waals surface area contributed by atoms with Crippen LogP contribution in [0.2, 0.25) is 0 Å². The summed E-state index contributed by atoms with van der Waals surface area (Å²) in [5.74, 6) is 0.172. The summed E-state index contributed by atoms with van der Waals surface area (Å²) in [5, 5.41) is 20.5. The number of piperazine rings is 1. The van der Waals surface area contributed by atoms with Gasteiger partial charge >= 0.3 is 11.9 Å². The van der Waals surface area contributed by atoms with Crippen LogP contribution in [-0.4, -0.2) is 125 Å². The van der Waals surface area contributed by atoms with E-state index in [0.29, 0.717) is 12.4 Å². The van der Waals surface area contributed by atoms with E-state index in [1.807, 2.05) is 18.2 Å². The zero-order valence-corrected chi connectivity index (χ0v) is 17.9. The number of hydrogen-bond acceptors (Lipinski definition) is 7. The predicted octanol–water partition coefficient (Wildman–Crippen LogP) is -1.12. The average Bonchev–Trinajstić information content (AvgIpc) is 3.15. The summed E-state index contributed by atoms with van der Waals surface area (Å²) in [6, 6.07) is 8.99. The summed E-state index contributed by atoms with van der Waals surface area (Å²) >= 11 is 0. The number of likely N-dealkylation sites (N-methyl/N-ethyl adjacent to an activating group) is 2. The van der Waals surface area contributed by atoms with Gasteiger partial charge < -0.3 is 15.1 Å². The Morgan fingerprint density at radius 1 is 1.10 bits per heavy atom. The third-order valence-corrected chi connectivity index (χ3v) is 6.12. The summed E-state index contributed by atoms with van der Waals surface area (Å²) in [6.45, 7) is 3.63. The number of para-hydroxylation sites is 1. The van der Waals surface area contributed by atoms with Crippen LogP contribution in [0.5, 0.6) is 0 Å². The van der Waals surface area contributed by atoms with E-state index >= 15 is 0 Å². The van der Waals surface area contributed by atoms with Gasteiger partial charge in [0, 0.05) is 52.5 Å². The largest absolute Gasteiger partial charge is 0.388 e. The molecule has 3 heterocycles. The van der Waals surface area contributed by atoms with Gasteiger partial charge in [0.05, 0.1) is 0 Å². The first-order chi connectivity index (χ1) is 14.9. The Morgan fingerprint density at radius 3 is 2.42 bits per heavy atom. The summed E-state index contributed by atoms with van der Waals surface area (Å²) in [4.78, 5) is 36.1. The Hall–Kier alpha value is -2.82. The molecule has 0 radical (unpaired) electrons. The number of carbonyl (C=O) groups excluding carboxylic acids is 2. The summed E-state index contributed by atoms with van der Waals surface area (Å²) < 4.78 is 1.61. The Balaban J connectivity index is 1.38. The molecule has 3 aliphatic heterocycles. The number of amides is 3. The molecular weight excluding hydrogens is 400 g/mol. The number of benzene rings is 1. The fourth-order valence-electron chi connectivity index (χ4n) is 4.40. The maximum absolute atomic E-state index is 12.7. The van der Waals surface area contributed by atoms with Crippen molar-refractivity contribution in [2.24, 2.45) is 4.99 Å². The van der Waals surface area contributed by atoms with Crippen LogP contribution in [0.25, 0.3) is 0 Å². The quantitative estimate of drug-likeness (QED) is 0.556. The van der Waals surface area contributed by atoms with Crippen molar-refractivity contribution in [1.82, 2.24) is 14.7 Å². The van der Waals surface area contributed by atoms with E-state index < -0.39 is 24.1 Å². The van der Waals surface area contributed by atoms with Crippen LogP contribution < -0.4 is 4.90 Å². The minimum Gasteiger partial charge on any atom is -0.388 e. The second kappa shape index (κ2) is 8.74. The second-order valence-electron chi connectivity index (χ2n) is 8.12.